The second-order valence-electron chi connectivity index (χ2n) is 8.61. The molecule has 9 heteroatoms. The molecule has 1 aromatic heterocycles. The summed E-state index contributed by atoms with van der Waals surface area (Å²) >= 11 is 1.11. The lowest BCUT2D eigenvalue weighted by Gasteiger charge is -2.26. The summed E-state index contributed by atoms with van der Waals surface area (Å²) in [7, 11) is -4.00. The number of benzene rings is 3. The predicted octanol–water partition coefficient (Wildman–Crippen LogP) is 5.09. The monoisotopic (exact) mass is 509 g/mol. The molecule has 1 heterocycles. The van der Waals surface area contributed by atoms with Crippen LogP contribution < -0.4 is 14.5 Å². The van der Waals surface area contributed by atoms with Crippen molar-refractivity contribution in [3.63, 3.8) is 0 Å². The average Bonchev–Trinajstić information content (AvgIpc) is 3.15. The van der Waals surface area contributed by atoms with Crippen LogP contribution >= 0.6 is 11.3 Å². The molecule has 4 rings (SSSR count). The Balaban J connectivity index is 1.68. The zero-order valence-corrected chi connectivity index (χ0v) is 21.6. The minimum absolute atomic E-state index is 0.0195. The fourth-order valence-electron chi connectivity index (χ4n) is 3.96. The summed E-state index contributed by atoms with van der Waals surface area (Å²) in [6.07, 6.45) is 0. The van der Waals surface area contributed by atoms with Crippen LogP contribution in [0, 0.1) is 13.8 Å². The molecule has 4 aromatic rings. The third-order valence-electron chi connectivity index (χ3n) is 5.88. The molecule has 1 N–H and O–H groups in total. The molecule has 35 heavy (non-hydrogen) atoms. The molecule has 0 saturated heterocycles. The number of nitrogens with one attached hydrogen (secondary N) is 1. The van der Waals surface area contributed by atoms with Crippen molar-refractivity contribution in [3.8, 4) is 0 Å². The molecule has 182 valence electrons. The highest BCUT2D eigenvalue weighted by Gasteiger charge is 2.28. The van der Waals surface area contributed by atoms with Gasteiger partial charge >= 0.3 is 4.87 Å². The van der Waals surface area contributed by atoms with Gasteiger partial charge in [-0.1, -0.05) is 41.7 Å². The minimum atomic E-state index is -4.00. The molecule has 0 saturated carbocycles. The summed E-state index contributed by atoms with van der Waals surface area (Å²) in [5, 5.41) is 2.80. The van der Waals surface area contributed by atoms with E-state index in [1.807, 2.05) is 33.8 Å². The second kappa shape index (κ2) is 9.67. The summed E-state index contributed by atoms with van der Waals surface area (Å²) < 4.78 is 30.8. The molecular weight excluding hydrogens is 482 g/mol. The number of hydrogen-bond acceptors (Lipinski definition) is 5. The Hall–Kier alpha value is -3.43. The van der Waals surface area contributed by atoms with Crippen LogP contribution in [0.15, 0.2) is 76.4 Å². The van der Waals surface area contributed by atoms with Crippen molar-refractivity contribution in [1.29, 1.82) is 0 Å². The van der Waals surface area contributed by atoms with Gasteiger partial charge in [0, 0.05) is 11.7 Å². The van der Waals surface area contributed by atoms with Crippen molar-refractivity contribution in [2.75, 3.05) is 16.2 Å². The van der Waals surface area contributed by atoms with Gasteiger partial charge in [0.05, 0.1) is 20.8 Å². The highest BCUT2D eigenvalue weighted by molar-refractivity contribution is 7.92. The van der Waals surface area contributed by atoms with E-state index in [0.29, 0.717) is 11.4 Å². The maximum absolute atomic E-state index is 13.6. The van der Waals surface area contributed by atoms with Crippen molar-refractivity contribution >= 4 is 48.9 Å². The van der Waals surface area contributed by atoms with Crippen LogP contribution in [0.3, 0.4) is 0 Å². The van der Waals surface area contributed by atoms with E-state index in [4.69, 9.17) is 0 Å². The van der Waals surface area contributed by atoms with Gasteiger partial charge < -0.3 is 5.32 Å². The number of anilines is 2. The number of amides is 1. The van der Waals surface area contributed by atoms with Crippen molar-refractivity contribution in [2.24, 2.45) is 0 Å². The van der Waals surface area contributed by atoms with Gasteiger partial charge in [-0.3, -0.25) is 18.5 Å². The van der Waals surface area contributed by atoms with Crippen molar-refractivity contribution in [1.82, 2.24) is 4.57 Å². The van der Waals surface area contributed by atoms with E-state index >= 15 is 0 Å². The predicted molar refractivity (Wildman–Crippen MR) is 142 cm³/mol. The van der Waals surface area contributed by atoms with Gasteiger partial charge in [-0.25, -0.2) is 8.42 Å². The lowest BCUT2D eigenvalue weighted by Crippen LogP contribution is -2.38. The molecule has 0 radical (unpaired) electrons. The van der Waals surface area contributed by atoms with E-state index in [9.17, 15) is 18.0 Å². The van der Waals surface area contributed by atoms with Gasteiger partial charge in [0.2, 0.25) is 5.91 Å². The van der Waals surface area contributed by atoms with E-state index < -0.39 is 22.5 Å². The molecule has 0 aliphatic rings. The van der Waals surface area contributed by atoms with E-state index in [1.165, 1.54) is 12.1 Å². The minimum Gasteiger partial charge on any atom is -0.324 e. The Morgan fingerprint density at radius 3 is 2.43 bits per heavy atom. The normalized spacial score (nSPS) is 11.7. The van der Waals surface area contributed by atoms with Gasteiger partial charge in [0.15, 0.2) is 0 Å². The number of rotatable bonds is 7. The first-order valence-corrected chi connectivity index (χ1v) is 13.4. The number of carbonyl (C=O) groups is 1. The Bertz CT molecular complexity index is 1550. The quantitative estimate of drug-likeness (QED) is 0.376. The molecule has 7 nitrogen and oxygen atoms in total. The lowest BCUT2D eigenvalue weighted by molar-refractivity contribution is -0.114. The van der Waals surface area contributed by atoms with Crippen molar-refractivity contribution in [2.45, 2.75) is 38.6 Å². The maximum atomic E-state index is 13.6. The maximum Gasteiger partial charge on any atom is 0.308 e. The van der Waals surface area contributed by atoms with Crippen molar-refractivity contribution in [3.05, 3.63) is 87.5 Å². The van der Waals surface area contributed by atoms with Crippen LogP contribution in [-0.4, -0.2) is 25.4 Å². The van der Waals surface area contributed by atoms with E-state index in [0.717, 1.165) is 37.0 Å². The fraction of sp³-hybridized carbons (Fsp3) is 0.231. The van der Waals surface area contributed by atoms with Crippen LogP contribution in [-0.2, 0) is 14.8 Å². The second-order valence-corrected chi connectivity index (χ2v) is 11.5. The lowest BCUT2D eigenvalue weighted by atomic mass is 10.1. The highest BCUT2D eigenvalue weighted by atomic mass is 32.2. The number of hydrogen-bond donors (Lipinski definition) is 1. The number of carbonyl (C=O) groups excluding carboxylic acids is 1. The zero-order valence-electron chi connectivity index (χ0n) is 20.0. The number of fused-ring (bicyclic) bond motifs is 1. The Kier molecular flexibility index (Phi) is 6.82. The SMILES string of the molecule is Cc1cccc(N(CC(=O)Nc2ccc3c(c2)sc(=O)n3C(C)C)S(=O)(=O)c2ccccc2)c1C. The molecule has 0 bridgehead atoms. The first-order chi connectivity index (χ1) is 16.6. The Morgan fingerprint density at radius 1 is 1.03 bits per heavy atom. The number of aryl methyl sites for hydroxylation is 1. The Labute approximate surface area is 208 Å². The number of nitrogens with zero attached hydrogens (tertiary/aromatic N) is 2. The molecule has 0 aliphatic heterocycles. The van der Waals surface area contributed by atoms with Crippen LogP contribution in [0.25, 0.3) is 10.2 Å². The van der Waals surface area contributed by atoms with Gasteiger partial charge in [-0.05, 0) is 75.2 Å². The third kappa shape index (κ3) is 4.87. The zero-order chi connectivity index (χ0) is 25.3. The molecule has 1 amide bonds. The van der Waals surface area contributed by atoms with E-state index in [2.05, 4.69) is 5.32 Å². The molecule has 0 spiro atoms. The van der Waals surface area contributed by atoms with Crippen LogP contribution in [0.1, 0.15) is 31.0 Å². The first-order valence-electron chi connectivity index (χ1n) is 11.2. The van der Waals surface area contributed by atoms with Gasteiger partial charge in [-0.2, -0.15) is 0 Å². The molecule has 0 unspecified atom stereocenters. The smallest absolute Gasteiger partial charge is 0.308 e. The molecule has 0 fully saturated rings. The third-order valence-corrected chi connectivity index (χ3v) is 8.57. The largest absolute Gasteiger partial charge is 0.324 e. The summed E-state index contributed by atoms with van der Waals surface area (Å²) in [6.45, 7) is 7.22. The van der Waals surface area contributed by atoms with Gasteiger partial charge in [0.1, 0.15) is 6.54 Å². The molecule has 0 aliphatic carbocycles. The van der Waals surface area contributed by atoms with Crippen molar-refractivity contribution < 1.29 is 13.2 Å². The molecular formula is C26H27N3O4S2. The van der Waals surface area contributed by atoms with Gasteiger partial charge in [0.25, 0.3) is 10.0 Å². The molecule has 3 aromatic carbocycles. The van der Waals surface area contributed by atoms with Crippen LogP contribution in [0.5, 0.6) is 0 Å². The van der Waals surface area contributed by atoms with Crippen LogP contribution in [0.2, 0.25) is 0 Å². The topological polar surface area (TPSA) is 88.5 Å². The standard InChI is InChI=1S/C26H27N3O4S2/c1-17(2)29-23-14-13-20(15-24(23)34-26(29)31)27-25(30)16-28(22-12-8-9-18(3)19(22)4)35(32,33)21-10-6-5-7-11-21/h5-15,17H,16H2,1-4H3,(H,27,30). The summed E-state index contributed by atoms with van der Waals surface area (Å²) in [5.41, 5.74) is 3.45. The number of thiazole rings is 1. The number of aromatic nitrogens is 1. The average molecular weight is 510 g/mol. The number of sulfonamides is 1. The summed E-state index contributed by atoms with van der Waals surface area (Å²) in [5.74, 6) is -0.486. The van der Waals surface area contributed by atoms with Crippen LogP contribution in [0.4, 0.5) is 11.4 Å². The summed E-state index contributed by atoms with van der Waals surface area (Å²) in [4.78, 5) is 25.5. The van der Waals surface area contributed by atoms with E-state index in [-0.39, 0.29) is 15.8 Å². The van der Waals surface area contributed by atoms with E-state index in [1.54, 1.807) is 53.1 Å². The van der Waals surface area contributed by atoms with Gasteiger partial charge in [-0.15, -0.1) is 0 Å². The fourth-order valence-corrected chi connectivity index (χ4v) is 6.51. The summed E-state index contributed by atoms with van der Waals surface area (Å²) in [6, 6.07) is 18.7. The highest BCUT2D eigenvalue weighted by Crippen LogP contribution is 2.29. The first kappa shape index (κ1) is 24.7. The Morgan fingerprint density at radius 2 is 1.74 bits per heavy atom. The molecule has 0 atom stereocenters.